The molecule has 0 bridgehead atoms. The number of hydrogen-bond acceptors (Lipinski definition) is 3. The van der Waals surface area contributed by atoms with E-state index in [1.54, 1.807) is 11.3 Å². The van der Waals surface area contributed by atoms with Gasteiger partial charge in [0, 0.05) is 24.6 Å². The number of carbonyl (C=O) groups excluding carboxylic acids is 1. The molecule has 2 aliphatic heterocycles. The van der Waals surface area contributed by atoms with Crippen LogP contribution in [0.4, 0.5) is 0 Å². The largest absolute Gasteiger partial charge is 0.368 e. The third-order valence-electron chi connectivity index (χ3n) is 3.32. The Balaban J connectivity index is 1.71. The molecule has 0 spiro atoms. The van der Waals surface area contributed by atoms with Crippen LogP contribution in [0.3, 0.4) is 0 Å². The molecule has 3 rings (SSSR count). The molecule has 4 heteroatoms. The molecule has 16 heavy (non-hydrogen) atoms. The van der Waals surface area contributed by atoms with Gasteiger partial charge in [-0.1, -0.05) is 0 Å². The molecule has 3 nitrogen and oxygen atoms in total. The number of rotatable bonds is 1. The molecular weight excluding hydrogens is 222 g/mol. The highest BCUT2D eigenvalue weighted by Gasteiger charge is 2.30. The Morgan fingerprint density at radius 2 is 2.50 bits per heavy atom. The predicted molar refractivity (Wildman–Crippen MR) is 62.4 cm³/mol. The van der Waals surface area contributed by atoms with Gasteiger partial charge in [-0.3, -0.25) is 4.79 Å². The second-order valence-electron chi connectivity index (χ2n) is 4.38. The smallest absolute Gasteiger partial charge is 0.252 e. The predicted octanol–water partition coefficient (Wildman–Crippen LogP) is 1.81. The zero-order valence-corrected chi connectivity index (χ0v) is 9.96. The van der Waals surface area contributed by atoms with Crippen LogP contribution in [0.25, 0.3) is 0 Å². The fourth-order valence-electron chi connectivity index (χ4n) is 2.41. The van der Waals surface area contributed by atoms with E-state index in [0.29, 0.717) is 0 Å². The second-order valence-corrected chi connectivity index (χ2v) is 5.38. The molecule has 1 aromatic rings. The summed E-state index contributed by atoms with van der Waals surface area (Å²) in [6.45, 7) is 2.37. The molecule has 0 aliphatic carbocycles. The lowest BCUT2D eigenvalue weighted by atomic mass is 10.1. The number of ether oxygens (including phenoxy) is 1. The van der Waals surface area contributed by atoms with E-state index in [9.17, 15) is 4.79 Å². The monoisotopic (exact) mass is 237 g/mol. The minimum atomic E-state index is -0.166. The lowest BCUT2D eigenvalue weighted by Crippen LogP contribution is -2.41. The van der Waals surface area contributed by atoms with E-state index >= 15 is 0 Å². The molecule has 2 aliphatic rings. The average Bonchev–Trinajstić information content (AvgIpc) is 2.98. The Morgan fingerprint density at radius 1 is 1.56 bits per heavy atom. The molecule has 0 aromatic carbocycles. The third-order valence-corrected chi connectivity index (χ3v) is 4.35. The number of amides is 1. The molecule has 1 atom stereocenters. The molecule has 86 valence electrons. The van der Waals surface area contributed by atoms with Crippen molar-refractivity contribution in [3.63, 3.8) is 0 Å². The van der Waals surface area contributed by atoms with E-state index in [2.05, 4.69) is 11.4 Å². The molecule has 1 amide bonds. The van der Waals surface area contributed by atoms with Gasteiger partial charge in [0.1, 0.15) is 6.10 Å². The van der Waals surface area contributed by atoms with Gasteiger partial charge in [0.25, 0.3) is 5.91 Å². The highest BCUT2D eigenvalue weighted by atomic mass is 32.1. The van der Waals surface area contributed by atoms with Crippen LogP contribution in [-0.4, -0.2) is 30.1 Å². The number of fused-ring (bicyclic) bond motifs is 1. The van der Waals surface area contributed by atoms with Crippen molar-refractivity contribution in [1.82, 2.24) is 4.90 Å². The normalized spacial score (nSPS) is 24.5. The zero-order valence-electron chi connectivity index (χ0n) is 9.15. The Hall–Kier alpha value is -0.870. The van der Waals surface area contributed by atoms with Crippen molar-refractivity contribution in [2.45, 2.75) is 31.9 Å². The summed E-state index contributed by atoms with van der Waals surface area (Å²) in [5, 5.41) is 2.12. The Labute approximate surface area is 99.0 Å². The molecular formula is C12H15NO2S. The van der Waals surface area contributed by atoms with E-state index in [0.717, 1.165) is 39.0 Å². The van der Waals surface area contributed by atoms with E-state index in [-0.39, 0.29) is 12.0 Å². The minimum absolute atomic E-state index is 0.166. The van der Waals surface area contributed by atoms with Gasteiger partial charge in [-0.15, -0.1) is 11.3 Å². The first-order chi connectivity index (χ1) is 7.84. The first-order valence-electron chi connectivity index (χ1n) is 5.80. The first-order valence-corrected chi connectivity index (χ1v) is 6.68. The van der Waals surface area contributed by atoms with Crippen LogP contribution in [0.15, 0.2) is 11.4 Å². The average molecular weight is 237 g/mol. The summed E-state index contributed by atoms with van der Waals surface area (Å²) in [5.74, 6) is 0.189. The summed E-state index contributed by atoms with van der Waals surface area (Å²) in [4.78, 5) is 15.5. The standard InChI is InChI=1S/C12H15NO2S/c14-12(10-2-1-6-15-10)13-5-3-11-9(8-13)4-7-16-11/h4,7,10H,1-3,5-6,8H2. The molecule has 3 heterocycles. The first kappa shape index (κ1) is 10.3. The fraction of sp³-hybridized carbons (Fsp3) is 0.583. The Kier molecular flexibility index (Phi) is 2.69. The van der Waals surface area contributed by atoms with Gasteiger partial charge in [0.05, 0.1) is 0 Å². The summed E-state index contributed by atoms with van der Waals surface area (Å²) in [6.07, 6.45) is 2.76. The number of thiophene rings is 1. The van der Waals surface area contributed by atoms with E-state index in [1.165, 1.54) is 10.4 Å². The quantitative estimate of drug-likeness (QED) is 0.745. The van der Waals surface area contributed by atoms with Gasteiger partial charge in [-0.05, 0) is 36.3 Å². The van der Waals surface area contributed by atoms with Gasteiger partial charge in [0.15, 0.2) is 0 Å². The van der Waals surface area contributed by atoms with Crippen LogP contribution in [0, 0.1) is 0 Å². The maximum Gasteiger partial charge on any atom is 0.252 e. The minimum Gasteiger partial charge on any atom is -0.368 e. The van der Waals surface area contributed by atoms with Crippen molar-refractivity contribution in [1.29, 1.82) is 0 Å². The van der Waals surface area contributed by atoms with Crippen molar-refractivity contribution >= 4 is 17.2 Å². The van der Waals surface area contributed by atoms with Gasteiger partial charge >= 0.3 is 0 Å². The zero-order chi connectivity index (χ0) is 11.0. The number of hydrogen-bond donors (Lipinski definition) is 0. The third kappa shape index (κ3) is 1.76. The van der Waals surface area contributed by atoms with E-state index in [1.807, 2.05) is 4.90 Å². The van der Waals surface area contributed by atoms with Gasteiger partial charge in [0.2, 0.25) is 0 Å². The highest BCUT2D eigenvalue weighted by Crippen LogP contribution is 2.25. The van der Waals surface area contributed by atoms with Gasteiger partial charge in [-0.25, -0.2) is 0 Å². The van der Waals surface area contributed by atoms with Crippen LogP contribution in [-0.2, 0) is 22.5 Å². The van der Waals surface area contributed by atoms with Gasteiger partial charge in [-0.2, -0.15) is 0 Å². The number of carbonyl (C=O) groups is 1. The van der Waals surface area contributed by atoms with Crippen LogP contribution in [0.2, 0.25) is 0 Å². The topological polar surface area (TPSA) is 29.5 Å². The van der Waals surface area contributed by atoms with E-state index in [4.69, 9.17) is 4.74 Å². The Morgan fingerprint density at radius 3 is 3.31 bits per heavy atom. The van der Waals surface area contributed by atoms with Crippen molar-refractivity contribution in [2.75, 3.05) is 13.2 Å². The summed E-state index contributed by atoms with van der Waals surface area (Å²) >= 11 is 1.80. The highest BCUT2D eigenvalue weighted by molar-refractivity contribution is 7.10. The second kappa shape index (κ2) is 4.18. The molecule has 1 fully saturated rings. The summed E-state index contributed by atoms with van der Waals surface area (Å²) in [5.41, 5.74) is 1.32. The lowest BCUT2D eigenvalue weighted by molar-refractivity contribution is -0.141. The lowest BCUT2D eigenvalue weighted by Gasteiger charge is -2.28. The Bertz CT molecular complexity index is 395. The van der Waals surface area contributed by atoms with Crippen molar-refractivity contribution in [3.8, 4) is 0 Å². The fourth-order valence-corrected chi connectivity index (χ4v) is 3.30. The SMILES string of the molecule is O=C(C1CCCO1)N1CCc2sccc2C1. The molecule has 0 N–H and O–H groups in total. The molecule has 1 aromatic heterocycles. The maximum absolute atomic E-state index is 12.1. The van der Waals surface area contributed by atoms with Crippen LogP contribution in [0.1, 0.15) is 23.3 Å². The maximum atomic E-state index is 12.1. The molecule has 1 unspecified atom stereocenters. The molecule has 0 radical (unpaired) electrons. The molecule has 1 saturated heterocycles. The summed E-state index contributed by atoms with van der Waals surface area (Å²) in [6, 6.07) is 2.13. The number of nitrogens with zero attached hydrogens (tertiary/aromatic N) is 1. The van der Waals surface area contributed by atoms with Crippen LogP contribution in [0.5, 0.6) is 0 Å². The van der Waals surface area contributed by atoms with Crippen LogP contribution < -0.4 is 0 Å². The van der Waals surface area contributed by atoms with Crippen molar-refractivity contribution < 1.29 is 9.53 Å². The summed E-state index contributed by atoms with van der Waals surface area (Å²) in [7, 11) is 0. The van der Waals surface area contributed by atoms with Crippen LogP contribution >= 0.6 is 11.3 Å². The molecule has 0 saturated carbocycles. The van der Waals surface area contributed by atoms with Crippen molar-refractivity contribution in [2.24, 2.45) is 0 Å². The summed E-state index contributed by atoms with van der Waals surface area (Å²) < 4.78 is 5.45. The van der Waals surface area contributed by atoms with E-state index < -0.39 is 0 Å². The van der Waals surface area contributed by atoms with Gasteiger partial charge < -0.3 is 9.64 Å². The van der Waals surface area contributed by atoms with Crippen molar-refractivity contribution in [3.05, 3.63) is 21.9 Å².